The summed E-state index contributed by atoms with van der Waals surface area (Å²) in [6, 6.07) is 8.10. The van der Waals surface area contributed by atoms with Crippen molar-refractivity contribution in [3.63, 3.8) is 0 Å². The zero-order valence-electron chi connectivity index (χ0n) is 16.7. The quantitative estimate of drug-likeness (QED) is 0.754. The Kier molecular flexibility index (Phi) is 6.64. The molecule has 1 heterocycles. The summed E-state index contributed by atoms with van der Waals surface area (Å²) in [7, 11) is 0. The van der Waals surface area contributed by atoms with Gasteiger partial charge in [-0.25, -0.2) is 14.3 Å². The van der Waals surface area contributed by atoms with E-state index < -0.39 is 24.5 Å². The molecule has 1 aromatic carbocycles. The first-order valence-electron chi connectivity index (χ1n) is 9.82. The molecule has 0 radical (unpaired) electrons. The summed E-state index contributed by atoms with van der Waals surface area (Å²) < 4.78 is 6.75. The fourth-order valence-electron chi connectivity index (χ4n) is 3.49. The topological polar surface area (TPSA) is 102 Å². The Morgan fingerprint density at radius 2 is 1.86 bits per heavy atom. The summed E-state index contributed by atoms with van der Waals surface area (Å²) in [4.78, 5) is 36.0. The molecule has 1 fully saturated rings. The van der Waals surface area contributed by atoms with Crippen LogP contribution in [0.1, 0.15) is 48.7 Å². The molecule has 0 spiro atoms. The van der Waals surface area contributed by atoms with Crippen LogP contribution >= 0.6 is 0 Å². The predicted octanol–water partition coefficient (Wildman–Crippen LogP) is 2.74. The molecule has 0 aliphatic heterocycles. The standard InChI is InChI=1S/C21H26N4O4/c1-14-5-3-4-6-18(14)23-21(28)24-19(26)13-29-20(27)16-7-9-17(10-8-16)25-15(2)11-12-22-25/h7-12,14,18H,3-6,13H2,1-2H3,(H2,23,24,26,28)/t14-,18+/m0/s1. The second-order valence-corrected chi connectivity index (χ2v) is 7.40. The molecule has 1 aromatic heterocycles. The van der Waals surface area contributed by atoms with Gasteiger partial charge < -0.3 is 10.1 Å². The van der Waals surface area contributed by atoms with Gasteiger partial charge in [0, 0.05) is 17.9 Å². The summed E-state index contributed by atoms with van der Waals surface area (Å²) in [5, 5.41) is 9.24. The molecule has 3 amide bonds. The number of amides is 3. The molecule has 1 saturated carbocycles. The third kappa shape index (κ3) is 5.43. The van der Waals surface area contributed by atoms with Gasteiger partial charge in [-0.2, -0.15) is 5.10 Å². The van der Waals surface area contributed by atoms with Gasteiger partial charge in [0.1, 0.15) is 0 Å². The number of esters is 1. The molecule has 1 aliphatic carbocycles. The van der Waals surface area contributed by atoms with E-state index in [2.05, 4.69) is 22.7 Å². The van der Waals surface area contributed by atoms with Crippen LogP contribution in [-0.4, -0.2) is 40.3 Å². The molecule has 8 heteroatoms. The minimum atomic E-state index is -0.664. The molecule has 0 saturated heterocycles. The predicted molar refractivity (Wildman–Crippen MR) is 107 cm³/mol. The lowest BCUT2D eigenvalue weighted by molar-refractivity contribution is -0.123. The summed E-state index contributed by atoms with van der Waals surface area (Å²) in [5.74, 6) is -0.913. The summed E-state index contributed by atoms with van der Waals surface area (Å²) in [6.07, 6.45) is 5.90. The van der Waals surface area contributed by atoms with Crippen molar-refractivity contribution in [3.8, 4) is 5.69 Å². The first kappa shape index (κ1) is 20.6. The lowest BCUT2D eigenvalue weighted by Crippen LogP contribution is -2.48. The molecular formula is C21H26N4O4. The highest BCUT2D eigenvalue weighted by molar-refractivity contribution is 5.97. The number of nitrogens with zero attached hydrogens (tertiary/aromatic N) is 2. The van der Waals surface area contributed by atoms with Crippen LogP contribution in [0.3, 0.4) is 0 Å². The Morgan fingerprint density at radius 3 is 2.52 bits per heavy atom. The zero-order chi connectivity index (χ0) is 20.8. The number of nitrogens with one attached hydrogen (secondary N) is 2. The highest BCUT2D eigenvalue weighted by Crippen LogP contribution is 2.23. The SMILES string of the molecule is Cc1ccnn1-c1ccc(C(=O)OCC(=O)NC(=O)N[C@@H]2CCCC[C@@H]2C)cc1. The fourth-order valence-corrected chi connectivity index (χ4v) is 3.49. The fraction of sp³-hybridized carbons (Fsp3) is 0.429. The number of hydrogen-bond acceptors (Lipinski definition) is 5. The zero-order valence-corrected chi connectivity index (χ0v) is 16.7. The van der Waals surface area contributed by atoms with E-state index in [0.29, 0.717) is 11.5 Å². The van der Waals surface area contributed by atoms with Crippen LogP contribution < -0.4 is 10.6 Å². The van der Waals surface area contributed by atoms with E-state index in [1.807, 2.05) is 13.0 Å². The van der Waals surface area contributed by atoms with Crippen LogP contribution in [-0.2, 0) is 9.53 Å². The van der Waals surface area contributed by atoms with Gasteiger partial charge in [0.05, 0.1) is 11.3 Å². The van der Waals surface area contributed by atoms with Crippen LogP contribution in [0.15, 0.2) is 36.5 Å². The van der Waals surface area contributed by atoms with Crippen molar-refractivity contribution in [1.82, 2.24) is 20.4 Å². The number of aromatic nitrogens is 2. The normalized spacial score (nSPS) is 18.7. The number of carbonyl (C=O) groups excluding carboxylic acids is 3. The third-order valence-corrected chi connectivity index (χ3v) is 5.19. The number of carbonyl (C=O) groups is 3. The van der Waals surface area contributed by atoms with Crippen LogP contribution in [0, 0.1) is 12.8 Å². The van der Waals surface area contributed by atoms with Gasteiger partial charge in [-0.1, -0.05) is 19.8 Å². The van der Waals surface area contributed by atoms with Crippen LogP contribution in [0.5, 0.6) is 0 Å². The Morgan fingerprint density at radius 1 is 1.14 bits per heavy atom. The Hall–Kier alpha value is -3.16. The van der Waals surface area contributed by atoms with Crippen molar-refractivity contribution in [2.45, 2.75) is 45.6 Å². The van der Waals surface area contributed by atoms with E-state index in [1.54, 1.807) is 35.1 Å². The molecule has 8 nitrogen and oxygen atoms in total. The molecule has 2 atom stereocenters. The maximum atomic E-state index is 12.1. The smallest absolute Gasteiger partial charge is 0.338 e. The molecule has 2 N–H and O–H groups in total. The number of aryl methyl sites for hydroxylation is 1. The molecule has 2 aromatic rings. The highest BCUT2D eigenvalue weighted by Gasteiger charge is 2.23. The van der Waals surface area contributed by atoms with E-state index in [-0.39, 0.29) is 6.04 Å². The van der Waals surface area contributed by atoms with E-state index in [1.165, 1.54) is 6.42 Å². The van der Waals surface area contributed by atoms with Gasteiger partial charge in [0.15, 0.2) is 6.61 Å². The van der Waals surface area contributed by atoms with Crippen molar-refractivity contribution in [3.05, 3.63) is 47.8 Å². The van der Waals surface area contributed by atoms with Gasteiger partial charge in [0.25, 0.3) is 5.91 Å². The summed E-state index contributed by atoms with van der Waals surface area (Å²) in [6.45, 7) is 3.50. The second-order valence-electron chi connectivity index (χ2n) is 7.40. The number of urea groups is 1. The Bertz CT molecular complexity index is 875. The van der Waals surface area contributed by atoms with Crippen LogP contribution in [0.2, 0.25) is 0 Å². The van der Waals surface area contributed by atoms with Crippen molar-refractivity contribution in [2.75, 3.05) is 6.61 Å². The van der Waals surface area contributed by atoms with Crippen LogP contribution in [0.25, 0.3) is 5.69 Å². The van der Waals surface area contributed by atoms with Gasteiger partial charge in [-0.15, -0.1) is 0 Å². The van der Waals surface area contributed by atoms with E-state index >= 15 is 0 Å². The van der Waals surface area contributed by atoms with Gasteiger partial charge >= 0.3 is 12.0 Å². The lowest BCUT2D eigenvalue weighted by Gasteiger charge is -2.29. The molecule has 1 aliphatic rings. The monoisotopic (exact) mass is 398 g/mol. The minimum Gasteiger partial charge on any atom is -0.452 e. The summed E-state index contributed by atoms with van der Waals surface area (Å²) in [5.41, 5.74) is 2.10. The average molecular weight is 398 g/mol. The lowest BCUT2D eigenvalue weighted by atomic mass is 9.86. The molecule has 0 bridgehead atoms. The van der Waals surface area contributed by atoms with E-state index in [4.69, 9.17) is 4.74 Å². The molecule has 0 unspecified atom stereocenters. The molecule has 29 heavy (non-hydrogen) atoms. The van der Waals surface area contributed by atoms with Crippen molar-refractivity contribution >= 4 is 17.9 Å². The van der Waals surface area contributed by atoms with Gasteiger partial charge in [0.2, 0.25) is 0 Å². The Labute approximate surface area is 169 Å². The van der Waals surface area contributed by atoms with E-state index in [9.17, 15) is 14.4 Å². The second kappa shape index (κ2) is 9.36. The first-order valence-corrected chi connectivity index (χ1v) is 9.82. The van der Waals surface area contributed by atoms with Crippen molar-refractivity contribution < 1.29 is 19.1 Å². The van der Waals surface area contributed by atoms with Crippen molar-refractivity contribution in [1.29, 1.82) is 0 Å². The molecule has 154 valence electrons. The minimum absolute atomic E-state index is 0.0658. The molecule has 3 rings (SSSR count). The van der Waals surface area contributed by atoms with Gasteiger partial charge in [-0.05, 0) is 56.0 Å². The van der Waals surface area contributed by atoms with Crippen molar-refractivity contribution in [2.24, 2.45) is 5.92 Å². The number of rotatable bonds is 5. The van der Waals surface area contributed by atoms with E-state index in [0.717, 1.165) is 30.6 Å². The van der Waals surface area contributed by atoms with Gasteiger partial charge in [-0.3, -0.25) is 10.1 Å². The average Bonchev–Trinajstić information content (AvgIpc) is 3.14. The number of imide groups is 1. The summed E-state index contributed by atoms with van der Waals surface area (Å²) >= 11 is 0. The number of ether oxygens (including phenoxy) is 1. The third-order valence-electron chi connectivity index (χ3n) is 5.19. The van der Waals surface area contributed by atoms with Crippen LogP contribution in [0.4, 0.5) is 4.79 Å². The Balaban J connectivity index is 1.45. The number of hydrogen-bond donors (Lipinski definition) is 2. The number of benzene rings is 1. The maximum Gasteiger partial charge on any atom is 0.338 e. The highest BCUT2D eigenvalue weighted by atomic mass is 16.5. The largest absolute Gasteiger partial charge is 0.452 e. The first-order chi connectivity index (χ1) is 13.9. The molecular weight excluding hydrogens is 372 g/mol. The maximum absolute atomic E-state index is 12.1.